The Balaban J connectivity index is 2.45. The average molecular weight is 199 g/mol. The van der Waals surface area contributed by atoms with Gasteiger partial charge in [-0.05, 0) is 30.5 Å². The minimum atomic E-state index is 0.308. The van der Waals surface area contributed by atoms with Crippen molar-refractivity contribution in [2.75, 3.05) is 5.73 Å². The van der Waals surface area contributed by atoms with E-state index in [1.165, 1.54) is 11.1 Å². The topological polar surface area (TPSA) is 51.8 Å². The van der Waals surface area contributed by atoms with Gasteiger partial charge in [-0.3, -0.25) is 0 Å². The first-order chi connectivity index (χ1) is 7.16. The highest BCUT2D eigenvalue weighted by Crippen LogP contribution is 2.20. The summed E-state index contributed by atoms with van der Waals surface area (Å²) in [5.74, 6) is 0.308. The van der Waals surface area contributed by atoms with Crippen LogP contribution in [0.25, 0.3) is 11.1 Å². The second-order valence-electron chi connectivity index (χ2n) is 3.63. The monoisotopic (exact) mass is 199 g/mol. The van der Waals surface area contributed by atoms with E-state index < -0.39 is 0 Å². The first kappa shape index (κ1) is 9.65. The molecule has 0 aliphatic rings. The highest BCUT2D eigenvalue weighted by atomic mass is 15.0. The van der Waals surface area contributed by atoms with Crippen LogP contribution in [0.4, 0.5) is 5.95 Å². The summed E-state index contributed by atoms with van der Waals surface area (Å²) >= 11 is 0. The van der Waals surface area contributed by atoms with Gasteiger partial charge in [0, 0.05) is 18.0 Å². The van der Waals surface area contributed by atoms with Gasteiger partial charge in [0.15, 0.2) is 0 Å². The van der Waals surface area contributed by atoms with E-state index in [0.717, 1.165) is 11.1 Å². The lowest BCUT2D eigenvalue weighted by atomic mass is 10.0. The van der Waals surface area contributed by atoms with Gasteiger partial charge in [-0.25, -0.2) is 9.97 Å². The molecule has 3 heteroatoms. The van der Waals surface area contributed by atoms with Crippen molar-refractivity contribution < 1.29 is 0 Å². The summed E-state index contributed by atoms with van der Waals surface area (Å²) in [5, 5.41) is 0. The number of nitrogens with zero attached hydrogens (tertiary/aromatic N) is 2. The Morgan fingerprint density at radius 2 is 1.60 bits per heavy atom. The molecule has 0 amide bonds. The largest absolute Gasteiger partial charge is 0.368 e. The van der Waals surface area contributed by atoms with Crippen molar-refractivity contribution in [1.29, 1.82) is 0 Å². The number of rotatable bonds is 1. The number of nitrogen functional groups attached to an aromatic ring is 1. The summed E-state index contributed by atoms with van der Waals surface area (Å²) in [6.07, 6.45) is 3.48. The molecule has 0 saturated carbocycles. The summed E-state index contributed by atoms with van der Waals surface area (Å²) in [4.78, 5) is 7.95. The molecule has 2 aromatic rings. The highest BCUT2D eigenvalue weighted by molar-refractivity contribution is 5.63. The number of benzene rings is 1. The van der Waals surface area contributed by atoms with Crippen molar-refractivity contribution in [2.24, 2.45) is 0 Å². The molecule has 0 unspecified atom stereocenters. The third-order valence-electron chi connectivity index (χ3n) is 2.51. The van der Waals surface area contributed by atoms with Gasteiger partial charge in [0.2, 0.25) is 5.95 Å². The van der Waals surface area contributed by atoms with Gasteiger partial charge in [0.1, 0.15) is 0 Å². The Kier molecular flexibility index (Phi) is 2.37. The number of hydrogen-bond acceptors (Lipinski definition) is 3. The van der Waals surface area contributed by atoms with Gasteiger partial charge in [-0.15, -0.1) is 0 Å². The third-order valence-corrected chi connectivity index (χ3v) is 2.51. The number of nitrogens with two attached hydrogens (primary N) is 1. The Morgan fingerprint density at radius 1 is 0.933 bits per heavy atom. The lowest BCUT2D eigenvalue weighted by Crippen LogP contribution is -1.93. The predicted molar refractivity (Wildman–Crippen MR) is 61.4 cm³/mol. The molecule has 76 valence electrons. The summed E-state index contributed by atoms with van der Waals surface area (Å²) < 4.78 is 0. The van der Waals surface area contributed by atoms with E-state index in [1.54, 1.807) is 12.4 Å². The molecule has 2 rings (SSSR count). The van der Waals surface area contributed by atoms with Gasteiger partial charge in [0.25, 0.3) is 0 Å². The van der Waals surface area contributed by atoms with E-state index in [4.69, 9.17) is 5.73 Å². The molecule has 0 fully saturated rings. The zero-order valence-corrected chi connectivity index (χ0v) is 8.86. The Bertz CT molecular complexity index is 475. The highest BCUT2D eigenvalue weighted by Gasteiger charge is 2.00. The van der Waals surface area contributed by atoms with Gasteiger partial charge >= 0.3 is 0 Å². The van der Waals surface area contributed by atoms with Crippen molar-refractivity contribution >= 4 is 5.95 Å². The Labute approximate surface area is 89.0 Å². The van der Waals surface area contributed by atoms with Crippen molar-refractivity contribution in [3.8, 4) is 11.1 Å². The van der Waals surface area contributed by atoms with Crippen LogP contribution < -0.4 is 5.73 Å². The van der Waals surface area contributed by atoms with Gasteiger partial charge in [-0.2, -0.15) is 0 Å². The van der Waals surface area contributed by atoms with Crippen molar-refractivity contribution in [3.05, 3.63) is 41.7 Å². The van der Waals surface area contributed by atoms with Crippen LogP contribution in [0.1, 0.15) is 11.1 Å². The first-order valence-corrected chi connectivity index (χ1v) is 4.82. The fourth-order valence-electron chi connectivity index (χ4n) is 1.41. The van der Waals surface area contributed by atoms with E-state index in [-0.39, 0.29) is 0 Å². The van der Waals surface area contributed by atoms with Crippen LogP contribution in [0, 0.1) is 13.8 Å². The maximum absolute atomic E-state index is 5.44. The van der Waals surface area contributed by atoms with E-state index in [2.05, 4.69) is 42.0 Å². The van der Waals surface area contributed by atoms with Crippen molar-refractivity contribution in [3.63, 3.8) is 0 Å². The SMILES string of the molecule is Cc1ccc(-c2cnc(N)nc2)cc1C. The molecule has 15 heavy (non-hydrogen) atoms. The number of anilines is 1. The number of aryl methyl sites for hydroxylation is 2. The van der Waals surface area contributed by atoms with E-state index >= 15 is 0 Å². The van der Waals surface area contributed by atoms with Crippen LogP contribution in [-0.4, -0.2) is 9.97 Å². The molecule has 0 bridgehead atoms. The normalized spacial score (nSPS) is 10.3. The Morgan fingerprint density at radius 3 is 2.20 bits per heavy atom. The maximum Gasteiger partial charge on any atom is 0.219 e. The molecule has 3 nitrogen and oxygen atoms in total. The molecule has 0 saturated heterocycles. The lowest BCUT2D eigenvalue weighted by molar-refractivity contribution is 1.19. The fourth-order valence-corrected chi connectivity index (χ4v) is 1.41. The quantitative estimate of drug-likeness (QED) is 0.767. The molecule has 0 atom stereocenters. The van der Waals surface area contributed by atoms with Crippen LogP contribution in [0.15, 0.2) is 30.6 Å². The molecule has 0 aliphatic heterocycles. The molecular formula is C12H13N3. The molecular weight excluding hydrogens is 186 g/mol. The van der Waals surface area contributed by atoms with Crippen molar-refractivity contribution in [2.45, 2.75) is 13.8 Å². The Hall–Kier alpha value is -1.90. The fraction of sp³-hybridized carbons (Fsp3) is 0.167. The zero-order chi connectivity index (χ0) is 10.8. The molecule has 1 heterocycles. The van der Waals surface area contributed by atoms with Crippen LogP contribution in [0.3, 0.4) is 0 Å². The molecule has 0 spiro atoms. The minimum Gasteiger partial charge on any atom is -0.368 e. The predicted octanol–water partition coefficient (Wildman–Crippen LogP) is 2.34. The van der Waals surface area contributed by atoms with Crippen LogP contribution in [0.5, 0.6) is 0 Å². The van der Waals surface area contributed by atoms with E-state index in [1.807, 2.05) is 0 Å². The third kappa shape index (κ3) is 1.96. The molecule has 0 aliphatic carbocycles. The van der Waals surface area contributed by atoms with Crippen LogP contribution >= 0.6 is 0 Å². The second kappa shape index (κ2) is 3.69. The van der Waals surface area contributed by atoms with E-state index in [0.29, 0.717) is 5.95 Å². The number of hydrogen-bond donors (Lipinski definition) is 1. The maximum atomic E-state index is 5.44. The summed E-state index contributed by atoms with van der Waals surface area (Å²) in [7, 11) is 0. The summed E-state index contributed by atoms with van der Waals surface area (Å²) in [5.41, 5.74) is 10.1. The molecule has 0 radical (unpaired) electrons. The first-order valence-electron chi connectivity index (χ1n) is 4.82. The molecule has 2 N–H and O–H groups in total. The molecule has 1 aromatic carbocycles. The van der Waals surface area contributed by atoms with Crippen LogP contribution in [-0.2, 0) is 0 Å². The van der Waals surface area contributed by atoms with Crippen LogP contribution in [0.2, 0.25) is 0 Å². The second-order valence-corrected chi connectivity index (χ2v) is 3.63. The summed E-state index contributed by atoms with van der Waals surface area (Å²) in [6, 6.07) is 6.29. The van der Waals surface area contributed by atoms with Gasteiger partial charge in [-0.1, -0.05) is 18.2 Å². The van der Waals surface area contributed by atoms with E-state index in [9.17, 15) is 0 Å². The van der Waals surface area contributed by atoms with Gasteiger partial charge in [0.05, 0.1) is 0 Å². The van der Waals surface area contributed by atoms with Crippen molar-refractivity contribution in [1.82, 2.24) is 9.97 Å². The number of aromatic nitrogens is 2. The lowest BCUT2D eigenvalue weighted by Gasteiger charge is -2.04. The zero-order valence-electron chi connectivity index (χ0n) is 8.86. The molecule has 1 aromatic heterocycles. The minimum absolute atomic E-state index is 0.308. The smallest absolute Gasteiger partial charge is 0.219 e. The standard InChI is InChI=1S/C12H13N3/c1-8-3-4-10(5-9(8)2)11-6-14-12(13)15-7-11/h3-7H,1-2H3,(H2,13,14,15). The van der Waals surface area contributed by atoms with Gasteiger partial charge < -0.3 is 5.73 Å². The summed E-state index contributed by atoms with van der Waals surface area (Å²) in [6.45, 7) is 4.19. The average Bonchev–Trinajstić information content (AvgIpc) is 2.23.